The second-order valence-corrected chi connectivity index (χ2v) is 11.6. The predicted octanol–water partition coefficient (Wildman–Crippen LogP) is 8.29. The molecule has 1 aliphatic carbocycles. The molecule has 0 aromatic heterocycles. The van der Waals surface area contributed by atoms with Crippen LogP contribution >= 0.6 is 0 Å². The van der Waals surface area contributed by atoms with Crippen molar-refractivity contribution in [2.45, 2.75) is 45.3 Å². The molecule has 2 atom stereocenters. The number of rotatable bonds is 9. The van der Waals surface area contributed by atoms with Crippen molar-refractivity contribution in [1.29, 1.82) is 0 Å². The van der Waals surface area contributed by atoms with E-state index in [1.165, 1.54) is 0 Å². The molecule has 6 heteroatoms. The number of benzene rings is 4. The first-order chi connectivity index (χ1) is 21.0. The molecule has 220 valence electrons. The summed E-state index contributed by atoms with van der Waals surface area (Å²) in [6.45, 7) is 5.39. The van der Waals surface area contributed by atoms with E-state index in [2.05, 4.69) is 36.6 Å². The molecule has 0 saturated heterocycles. The van der Waals surface area contributed by atoms with Crippen LogP contribution < -0.4 is 24.8 Å². The zero-order valence-corrected chi connectivity index (χ0v) is 24.9. The van der Waals surface area contributed by atoms with Crippen molar-refractivity contribution < 1.29 is 19.0 Å². The maximum atomic E-state index is 14.0. The van der Waals surface area contributed by atoms with Crippen LogP contribution in [0.3, 0.4) is 0 Å². The molecule has 1 aliphatic heterocycles. The summed E-state index contributed by atoms with van der Waals surface area (Å²) in [6.07, 6.45) is 1.17. The summed E-state index contributed by atoms with van der Waals surface area (Å²) in [5.41, 5.74) is 6.78. The number of ether oxygens (including phenoxy) is 3. The number of carbonyl (C=O) groups excluding carboxylic acids is 1. The SMILES string of the molecule is COc1cc(C2Nc3ccccc3NC3=C2C(=O)CC(c2ccc(OCC(C)C)cc2)C3)ccc1OCc1ccccc1. The van der Waals surface area contributed by atoms with Crippen molar-refractivity contribution in [2.75, 3.05) is 24.4 Å². The van der Waals surface area contributed by atoms with Crippen LogP contribution in [0.4, 0.5) is 11.4 Å². The molecular formula is C37H38N2O4. The van der Waals surface area contributed by atoms with E-state index >= 15 is 0 Å². The molecule has 0 saturated carbocycles. The molecule has 0 radical (unpaired) electrons. The van der Waals surface area contributed by atoms with Crippen molar-refractivity contribution in [1.82, 2.24) is 0 Å². The highest BCUT2D eigenvalue weighted by Crippen LogP contribution is 2.45. The number of ketones is 1. The van der Waals surface area contributed by atoms with Gasteiger partial charge in [0.15, 0.2) is 17.3 Å². The first-order valence-corrected chi connectivity index (χ1v) is 14.9. The first-order valence-electron chi connectivity index (χ1n) is 14.9. The van der Waals surface area contributed by atoms with E-state index in [4.69, 9.17) is 14.2 Å². The molecule has 0 amide bonds. The third kappa shape index (κ3) is 6.38. The molecule has 6 rings (SSSR count). The maximum absolute atomic E-state index is 14.0. The Morgan fingerprint density at radius 3 is 2.26 bits per heavy atom. The van der Waals surface area contributed by atoms with Gasteiger partial charge in [0.25, 0.3) is 0 Å². The van der Waals surface area contributed by atoms with Gasteiger partial charge in [-0.15, -0.1) is 0 Å². The van der Waals surface area contributed by atoms with Gasteiger partial charge in [-0.25, -0.2) is 0 Å². The van der Waals surface area contributed by atoms with Gasteiger partial charge >= 0.3 is 0 Å². The zero-order valence-electron chi connectivity index (χ0n) is 24.9. The molecule has 4 aromatic rings. The standard InChI is InChI=1S/C37H38N2O4/c1-24(2)22-42-29-16-13-26(14-17-29)28-19-32-36(33(40)20-28)37(39-31-12-8-7-11-30(31)38-32)27-15-18-34(35(21-27)41-3)43-23-25-9-5-4-6-10-25/h4-18,21,24,28,37-39H,19-20,22-23H2,1-3H3. The van der Waals surface area contributed by atoms with Crippen molar-refractivity contribution in [3.05, 3.63) is 125 Å². The normalized spacial score (nSPS) is 17.7. The van der Waals surface area contributed by atoms with Gasteiger partial charge in [-0.05, 0) is 71.3 Å². The lowest BCUT2D eigenvalue weighted by Gasteiger charge is -2.30. The number of hydrogen-bond acceptors (Lipinski definition) is 6. The molecule has 1 heterocycles. The summed E-state index contributed by atoms with van der Waals surface area (Å²) in [7, 11) is 1.64. The maximum Gasteiger partial charge on any atom is 0.163 e. The van der Waals surface area contributed by atoms with E-state index in [-0.39, 0.29) is 17.7 Å². The number of Topliss-reactive ketones (excluding diaryl/α,β-unsaturated/α-hetero) is 1. The number of hydrogen-bond donors (Lipinski definition) is 2. The Kier molecular flexibility index (Phi) is 8.36. The van der Waals surface area contributed by atoms with E-state index in [9.17, 15) is 4.79 Å². The number of methoxy groups -OCH3 is 1. The monoisotopic (exact) mass is 574 g/mol. The van der Waals surface area contributed by atoms with Gasteiger partial charge < -0.3 is 24.8 Å². The molecule has 43 heavy (non-hydrogen) atoms. The molecule has 2 aliphatic rings. The average Bonchev–Trinajstić information content (AvgIpc) is 3.20. The van der Waals surface area contributed by atoms with E-state index in [0.717, 1.165) is 51.5 Å². The van der Waals surface area contributed by atoms with Crippen LogP contribution in [0.25, 0.3) is 0 Å². The summed E-state index contributed by atoms with van der Waals surface area (Å²) < 4.78 is 17.8. The highest BCUT2D eigenvalue weighted by atomic mass is 16.5. The van der Waals surface area contributed by atoms with Gasteiger partial charge in [-0.1, -0.05) is 74.5 Å². The fourth-order valence-electron chi connectivity index (χ4n) is 5.80. The van der Waals surface area contributed by atoms with Crippen molar-refractivity contribution in [3.8, 4) is 17.2 Å². The lowest BCUT2D eigenvalue weighted by molar-refractivity contribution is -0.116. The second kappa shape index (κ2) is 12.7. The van der Waals surface area contributed by atoms with Gasteiger partial charge in [0.2, 0.25) is 0 Å². The van der Waals surface area contributed by atoms with Crippen LogP contribution in [0.5, 0.6) is 17.2 Å². The van der Waals surface area contributed by atoms with Gasteiger partial charge in [0.1, 0.15) is 12.4 Å². The Bertz CT molecular complexity index is 1610. The Labute approximate surface area is 253 Å². The third-order valence-electron chi connectivity index (χ3n) is 8.00. The minimum absolute atomic E-state index is 0.0760. The van der Waals surface area contributed by atoms with Crippen LogP contribution in [0.2, 0.25) is 0 Å². The fourth-order valence-corrected chi connectivity index (χ4v) is 5.80. The number of para-hydroxylation sites is 2. The summed E-state index contributed by atoms with van der Waals surface area (Å²) in [6, 6.07) is 32.0. The van der Waals surface area contributed by atoms with Crippen LogP contribution in [-0.4, -0.2) is 19.5 Å². The summed E-state index contributed by atoms with van der Waals surface area (Å²) in [5, 5.41) is 7.29. The predicted molar refractivity (Wildman–Crippen MR) is 171 cm³/mol. The summed E-state index contributed by atoms with van der Waals surface area (Å²) in [5.74, 6) is 2.82. The highest BCUT2D eigenvalue weighted by Gasteiger charge is 2.36. The third-order valence-corrected chi connectivity index (χ3v) is 8.00. The van der Waals surface area contributed by atoms with Crippen LogP contribution in [0, 0.1) is 5.92 Å². The summed E-state index contributed by atoms with van der Waals surface area (Å²) in [4.78, 5) is 14.0. The Morgan fingerprint density at radius 2 is 1.51 bits per heavy atom. The van der Waals surface area contributed by atoms with E-state index in [0.29, 0.717) is 37.1 Å². The minimum Gasteiger partial charge on any atom is -0.493 e. The van der Waals surface area contributed by atoms with Crippen molar-refractivity contribution >= 4 is 17.2 Å². The summed E-state index contributed by atoms with van der Waals surface area (Å²) >= 11 is 0. The number of fused-ring (bicyclic) bond motifs is 1. The van der Waals surface area contributed by atoms with Crippen LogP contribution in [0.15, 0.2) is 108 Å². The molecule has 4 aromatic carbocycles. The van der Waals surface area contributed by atoms with Gasteiger partial charge in [-0.2, -0.15) is 0 Å². The minimum atomic E-state index is -0.344. The van der Waals surface area contributed by atoms with E-state index in [1.54, 1.807) is 7.11 Å². The van der Waals surface area contributed by atoms with Gasteiger partial charge in [-0.3, -0.25) is 4.79 Å². The molecule has 0 bridgehead atoms. The second-order valence-electron chi connectivity index (χ2n) is 11.6. The quantitative estimate of drug-likeness (QED) is 0.210. The number of anilines is 2. The van der Waals surface area contributed by atoms with Crippen LogP contribution in [0.1, 0.15) is 55.3 Å². The van der Waals surface area contributed by atoms with Gasteiger partial charge in [0.05, 0.1) is 31.1 Å². The van der Waals surface area contributed by atoms with Crippen molar-refractivity contribution in [2.24, 2.45) is 5.92 Å². The Balaban J connectivity index is 1.30. The fraction of sp³-hybridized carbons (Fsp3) is 0.270. The first kappa shape index (κ1) is 28.4. The molecule has 6 nitrogen and oxygen atoms in total. The zero-order chi connectivity index (χ0) is 29.8. The lowest BCUT2D eigenvalue weighted by Crippen LogP contribution is -2.27. The lowest BCUT2D eigenvalue weighted by atomic mass is 9.78. The molecule has 2 N–H and O–H groups in total. The van der Waals surface area contributed by atoms with Gasteiger partial charge in [0, 0.05) is 17.7 Å². The molecule has 0 fully saturated rings. The number of nitrogens with one attached hydrogen (secondary N) is 2. The molecule has 2 unspecified atom stereocenters. The Hall–Kier alpha value is -4.71. The topological polar surface area (TPSA) is 68.8 Å². The largest absolute Gasteiger partial charge is 0.493 e. The van der Waals surface area contributed by atoms with E-state index in [1.807, 2.05) is 84.9 Å². The highest BCUT2D eigenvalue weighted by molar-refractivity contribution is 6.01. The van der Waals surface area contributed by atoms with E-state index < -0.39 is 0 Å². The van der Waals surface area contributed by atoms with Crippen LogP contribution in [-0.2, 0) is 11.4 Å². The molecular weight excluding hydrogens is 536 g/mol. The molecule has 0 spiro atoms. The number of allylic oxidation sites excluding steroid dienone is 1. The van der Waals surface area contributed by atoms with Crippen molar-refractivity contribution in [3.63, 3.8) is 0 Å². The number of carbonyl (C=O) groups is 1. The Morgan fingerprint density at radius 1 is 0.791 bits per heavy atom. The smallest absolute Gasteiger partial charge is 0.163 e. The average molecular weight is 575 g/mol.